The molecule has 1 amide bonds. The van der Waals surface area contributed by atoms with Gasteiger partial charge in [-0.2, -0.15) is 0 Å². The molecule has 1 fully saturated rings. The Kier molecular flexibility index (Phi) is 5.75. The van der Waals surface area contributed by atoms with Gasteiger partial charge in [-0.05, 0) is 18.9 Å². The number of benzene rings is 1. The number of nitrogens with zero attached hydrogens (tertiary/aromatic N) is 1. The highest BCUT2D eigenvalue weighted by Crippen LogP contribution is 2.22. The maximum absolute atomic E-state index is 13.8. The molecule has 1 aromatic carbocycles. The lowest BCUT2D eigenvalue weighted by Gasteiger charge is -2.33. The van der Waals surface area contributed by atoms with Crippen LogP contribution in [0.15, 0.2) is 30.3 Å². The van der Waals surface area contributed by atoms with Crippen molar-refractivity contribution in [3.05, 3.63) is 35.9 Å². The van der Waals surface area contributed by atoms with Crippen LogP contribution in [0.5, 0.6) is 0 Å². The van der Waals surface area contributed by atoms with E-state index >= 15 is 0 Å². The van der Waals surface area contributed by atoms with E-state index in [9.17, 15) is 14.0 Å². The summed E-state index contributed by atoms with van der Waals surface area (Å²) in [5.41, 5.74) is 0.873. The first-order valence-electron chi connectivity index (χ1n) is 7.38. The Morgan fingerprint density at radius 1 is 1.27 bits per heavy atom. The van der Waals surface area contributed by atoms with Crippen LogP contribution in [-0.2, 0) is 20.9 Å². The van der Waals surface area contributed by atoms with E-state index < -0.39 is 24.2 Å². The second-order valence-electron chi connectivity index (χ2n) is 5.15. The van der Waals surface area contributed by atoms with Gasteiger partial charge in [0.2, 0.25) is 0 Å². The van der Waals surface area contributed by atoms with Gasteiger partial charge in [-0.3, -0.25) is 4.79 Å². The summed E-state index contributed by atoms with van der Waals surface area (Å²) in [6, 6.07) is 9.29. The maximum atomic E-state index is 13.8. The van der Waals surface area contributed by atoms with Crippen molar-refractivity contribution >= 4 is 12.1 Å². The normalized spacial score (nSPS) is 21.3. The Balaban J connectivity index is 1.88. The van der Waals surface area contributed by atoms with Gasteiger partial charge in [-0.1, -0.05) is 30.3 Å². The Labute approximate surface area is 129 Å². The first kappa shape index (κ1) is 16.3. The molecule has 1 aliphatic rings. The fraction of sp³-hybridized carbons (Fsp3) is 0.500. The van der Waals surface area contributed by atoms with Crippen LogP contribution in [0.3, 0.4) is 0 Å². The van der Waals surface area contributed by atoms with Gasteiger partial charge >= 0.3 is 12.1 Å². The lowest BCUT2D eigenvalue weighted by molar-refractivity contribution is -0.152. The molecule has 2 unspecified atom stereocenters. The van der Waals surface area contributed by atoms with Gasteiger partial charge in [0.15, 0.2) is 0 Å². The number of carbonyl (C=O) groups is 2. The van der Waals surface area contributed by atoms with Crippen LogP contribution in [0.1, 0.15) is 18.9 Å². The van der Waals surface area contributed by atoms with E-state index in [4.69, 9.17) is 9.47 Å². The third-order valence-electron chi connectivity index (χ3n) is 3.58. The molecule has 22 heavy (non-hydrogen) atoms. The summed E-state index contributed by atoms with van der Waals surface area (Å²) in [6.07, 6.45) is -1.70. The van der Waals surface area contributed by atoms with Crippen LogP contribution in [0, 0.1) is 5.92 Å². The van der Waals surface area contributed by atoms with Gasteiger partial charge in [0.1, 0.15) is 18.7 Å². The number of likely N-dealkylation sites (tertiary alicyclic amines) is 1. The Hall–Kier alpha value is -2.11. The zero-order chi connectivity index (χ0) is 15.9. The number of hydrogen-bond acceptors (Lipinski definition) is 4. The monoisotopic (exact) mass is 309 g/mol. The van der Waals surface area contributed by atoms with Crippen molar-refractivity contribution in [2.45, 2.75) is 26.1 Å². The molecule has 0 aromatic heterocycles. The van der Waals surface area contributed by atoms with Gasteiger partial charge in [0, 0.05) is 13.1 Å². The van der Waals surface area contributed by atoms with Gasteiger partial charge in [-0.25, -0.2) is 9.18 Å². The SMILES string of the molecule is CCOC(=O)C1CN(C(=O)OCc2ccccc2)CCC1F. The van der Waals surface area contributed by atoms with Crippen LogP contribution in [0.4, 0.5) is 9.18 Å². The molecule has 1 aliphatic heterocycles. The first-order chi connectivity index (χ1) is 10.6. The van der Waals surface area contributed by atoms with Crippen molar-refractivity contribution in [3.8, 4) is 0 Å². The highest BCUT2D eigenvalue weighted by atomic mass is 19.1. The molecule has 0 bridgehead atoms. The quantitative estimate of drug-likeness (QED) is 0.802. The molecule has 1 saturated heterocycles. The van der Waals surface area contributed by atoms with E-state index in [2.05, 4.69) is 0 Å². The molecule has 2 atom stereocenters. The lowest BCUT2D eigenvalue weighted by atomic mass is 9.96. The number of esters is 1. The topological polar surface area (TPSA) is 55.8 Å². The number of alkyl halides is 1. The molecule has 0 aliphatic carbocycles. The molecule has 0 radical (unpaired) electrons. The molecular formula is C16H20FNO4. The first-order valence-corrected chi connectivity index (χ1v) is 7.38. The Morgan fingerprint density at radius 3 is 2.68 bits per heavy atom. The van der Waals surface area contributed by atoms with Crippen LogP contribution in [0.25, 0.3) is 0 Å². The molecule has 1 aromatic rings. The number of carbonyl (C=O) groups excluding carboxylic acids is 2. The van der Waals surface area contributed by atoms with E-state index in [0.29, 0.717) is 0 Å². The summed E-state index contributed by atoms with van der Waals surface area (Å²) >= 11 is 0. The molecular weight excluding hydrogens is 289 g/mol. The fourth-order valence-electron chi connectivity index (χ4n) is 2.37. The smallest absolute Gasteiger partial charge is 0.410 e. The molecule has 1 heterocycles. The van der Waals surface area contributed by atoms with Crippen LogP contribution >= 0.6 is 0 Å². The number of hydrogen-bond donors (Lipinski definition) is 0. The van der Waals surface area contributed by atoms with Crippen LogP contribution in [-0.4, -0.2) is 42.8 Å². The summed E-state index contributed by atoms with van der Waals surface area (Å²) in [5.74, 6) is -1.53. The maximum Gasteiger partial charge on any atom is 0.410 e. The highest BCUT2D eigenvalue weighted by molar-refractivity contribution is 5.75. The van der Waals surface area contributed by atoms with E-state index in [1.54, 1.807) is 6.92 Å². The predicted molar refractivity (Wildman–Crippen MR) is 77.8 cm³/mol. The standard InChI is InChI=1S/C16H20FNO4/c1-2-21-15(19)13-10-18(9-8-14(13)17)16(20)22-11-12-6-4-3-5-7-12/h3-7,13-14H,2,8-11H2,1H3. The fourth-order valence-corrected chi connectivity index (χ4v) is 2.37. The minimum Gasteiger partial charge on any atom is -0.466 e. The molecule has 2 rings (SSSR count). The number of halogens is 1. The molecule has 0 N–H and O–H groups in total. The second kappa shape index (κ2) is 7.77. The van der Waals surface area contributed by atoms with E-state index in [1.165, 1.54) is 4.90 Å². The second-order valence-corrected chi connectivity index (χ2v) is 5.15. The molecule has 0 saturated carbocycles. The van der Waals surface area contributed by atoms with Crippen LogP contribution in [0.2, 0.25) is 0 Å². The zero-order valence-corrected chi connectivity index (χ0v) is 12.5. The summed E-state index contributed by atoms with van der Waals surface area (Å²) < 4.78 is 23.9. The van der Waals surface area contributed by atoms with Gasteiger partial charge < -0.3 is 14.4 Å². The largest absolute Gasteiger partial charge is 0.466 e. The van der Waals surface area contributed by atoms with Crippen molar-refractivity contribution < 1.29 is 23.5 Å². The number of amides is 1. The summed E-state index contributed by atoms with van der Waals surface area (Å²) in [6.45, 7) is 2.25. The van der Waals surface area contributed by atoms with Crippen molar-refractivity contribution in [3.63, 3.8) is 0 Å². The average Bonchev–Trinajstić information content (AvgIpc) is 2.54. The van der Waals surface area contributed by atoms with Crippen molar-refractivity contribution in [1.82, 2.24) is 4.90 Å². The minimum absolute atomic E-state index is 0.00633. The van der Waals surface area contributed by atoms with Gasteiger partial charge in [-0.15, -0.1) is 0 Å². The summed E-state index contributed by atoms with van der Waals surface area (Å²) in [5, 5.41) is 0. The van der Waals surface area contributed by atoms with Crippen molar-refractivity contribution in [2.75, 3.05) is 19.7 Å². The summed E-state index contributed by atoms with van der Waals surface area (Å²) in [4.78, 5) is 25.1. The molecule has 0 spiro atoms. The van der Waals surface area contributed by atoms with Gasteiger partial charge in [0.05, 0.1) is 6.61 Å². The summed E-state index contributed by atoms with van der Waals surface area (Å²) in [7, 11) is 0. The molecule has 5 nitrogen and oxygen atoms in total. The Morgan fingerprint density at radius 2 is 2.00 bits per heavy atom. The highest BCUT2D eigenvalue weighted by Gasteiger charge is 2.37. The lowest BCUT2D eigenvalue weighted by Crippen LogP contribution is -2.48. The van der Waals surface area contributed by atoms with E-state index in [-0.39, 0.29) is 32.7 Å². The third-order valence-corrected chi connectivity index (χ3v) is 3.58. The molecule has 6 heteroatoms. The average molecular weight is 309 g/mol. The van der Waals surface area contributed by atoms with E-state index in [0.717, 1.165) is 5.56 Å². The van der Waals surface area contributed by atoms with E-state index in [1.807, 2.05) is 30.3 Å². The van der Waals surface area contributed by atoms with Crippen molar-refractivity contribution in [1.29, 1.82) is 0 Å². The minimum atomic E-state index is -1.28. The number of rotatable bonds is 4. The Bertz CT molecular complexity index is 508. The predicted octanol–water partition coefficient (Wildman–Crippen LogP) is 2.55. The van der Waals surface area contributed by atoms with Gasteiger partial charge in [0.25, 0.3) is 0 Å². The molecule has 120 valence electrons. The number of piperidine rings is 1. The van der Waals surface area contributed by atoms with Crippen LogP contribution < -0.4 is 0 Å². The zero-order valence-electron chi connectivity index (χ0n) is 12.5. The van der Waals surface area contributed by atoms with Crippen molar-refractivity contribution in [2.24, 2.45) is 5.92 Å². The third kappa shape index (κ3) is 4.19. The number of ether oxygens (including phenoxy) is 2.